The van der Waals surface area contributed by atoms with Crippen molar-refractivity contribution in [3.63, 3.8) is 0 Å². The first kappa shape index (κ1) is 28.7. The highest BCUT2D eigenvalue weighted by Gasteiger charge is 2.43. The number of amides is 2. The van der Waals surface area contributed by atoms with E-state index >= 15 is 0 Å². The minimum Gasteiger partial charge on any atom is -0.392 e. The Morgan fingerprint density at radius 1 is 0.976 bits per heavy atom. The van der Waals surface area contributed by atoms with Gasteiger partial charge in [0.05, 0.1) is 18.6 Å². The molecule has 3 N–H and O–H groups in total. The number of likely N-dealkylation sites (tertiary alicyclic amines) is 1. The maximum absolute atomic E-state index is 14.8. The summed E-state index contributed by atoms with van der Waals surface area (Å²) in [6.07, 6.45) is 5.16. The predicted octanol–water partition coefficient (Wildman–Crippen LogP) is 6.60. The summed E-state index contributed by atoms with van der Waals surface area (Å²) in [5, 5.41) is 16.1. The molecular weight excluding hydrogens is 524 g/mol. The highest BCUT2D eigenvalue weighted by molar-refractivity contribution is 5.97. The van der Waals surface area contributed by atoms with Gasteiger partial charge in [-0.25, -0.2) is 8.78 Å². The number of carbonyl (C=O) groups is 2. The maximum Gasteiger partial charge on any atom is 0.260 e. The van der Waals surface area contributed by atoms with Crippen LogP contribution >= 0.6 is 0 Å². The van der Waals surface area contributed by atoms with E-state index in [2.05, 4.69) is 10.6 Å². The Labute approximate surface area is 239 Å². The van der Waals surface area contributed by atoms with E-state index in [9.17, 15) is 23.5 Å². The predicted molar refractivity (Wildman–Crippen MR) is 155 cm³/mol. The number of piperidine rings is 1. The summed E-state index contributed by atoms with van der Waals surface area (Å²) in [5.74, 6) is -3.65. The topological polar surface area (TPSA) is 81.7 Å². The van der Waals surface area contributed by atoms with Crippen molar-refractivity contribution in [1.82, 2.24) is 4.90 Å². The Balaban J connectivity index is 1.49. The van der Waals surface area contributed by atoms with Crippen LogP contribution in [0.3, 0.4) is 0 Å². The number of hydrogen-bond donors (Lipinski definition) is 3. The number of hydrogen-bond acceptors (Lipinski definition) is 4. The number of aliphatic hydroxyl groups is 1. The molecule has 2 fully saturated rings. The molecule has 0 spiro atoms. The number of aryl methyl sites for hydroxylation is 1. The molecular formula is C33H37F2N3O3. The van der Waals surface area contributed by atoms with Crippen LogP contribution in [0.2, 0.25) is 0 Å². The van der Waals surface area contributed by atoms with Crippen molar-refractivity contribution in [3.8, 4) is 0 Å². The molecule has 5 rings (SSSR count). The lowest BCUT2D eigenvalue weighted by molar-refractivity contribution is -0.124. The van der Waals surface area contributed by atoms with Gasteiger partial charge in [0.1, 0.15) is 17.2 Å². The van der Waals surface area contributed by atoms with Crippen LogP contribution in [0.4, 0.5) is 20.2 Å². The van der Waals surface area contributed by atoms with Crippen LogP contribution in [0.1, 0.15) is 72.1 Å². The van der Waals surface area contributed by atoms with Gasteiger partial charge in [0.25, 0.3) is 5.91 Å². The second kappa shape index (κ2) is 12.4. The number of rotatable bonds is 7. The minimum absolute atomic E-state index is 0.0809. The SMILES string of the molecule is Cc1cc(NC(=O)[C@H]2C[C@@H](C)CN(C(=O)c3c(F)cccc3F)C2c2ccc(NC3CCCC3)cc2)ccc1CO. The molecule has 3 aromatic rings. The summed E-state index contributed by atoms with van der Waals surface area (Å²) in [5.41, 5.74) is 3.27. The molecule has 3 aromatic carbocycles. The van der Waals surface area contributed by atoms with Crippen molar-refractivity contribution in [2.24, 2.45) is 11.8 Å². The fourth-order valence-corrected chi connectivity index (χ4v) is 6.29. The maximum atomic E-state index is 14.8. The fraction of sp³-hybridized carbons (Fsp3) is 0.394. The summed E-state index contributed by atoms with van der Waals surface area (Å²) in [6, 6.07) is 16.1. The first-order valence-electron chi connectivity index (χ1n) is 14.4. The van der Waals surface area contributed by atoms with E-state index in [-0.39, 0.29) is 25.0 Å². The second-order valence-electron chi connectivity index (χ2n) is 11.5. The minimum atomic E-state index is -0.927. The normalized spacial score (nSPS) is 21.1. The lowest BCUT2D eigenvalue weighted by Crippen LogP contribution is -2.49. The van der Waals surface area contributed by atoms with E-state index in [4.69, 9.17) is 0 Å². The molecule has 1 heterocycles. The number of nitrogens with one attached hydrogen (secondary N) is 2. The quantitative estimate of drug-likeness (QED) is 0.304. The number of aliphatic hydroxyl groups excluding tert-OH is 1. The van der Waals surface area contributed by atoms with E-state index in [0.717, 1.165) is 47.4 Å². The van der Waals surface area contributed by atoms with Crippen molar-refractivity contribution >= 4 is 23.2 Å². The Morgan fingerprint density at radius 3 is 2.27 bits per heavy atom. The molecule has 8 heteroatoms. The number of carbonyl (C=O) groups excluding carboxylic acids is 2. The van der Waals surface area contributed by atoms with Crippen LogP contribution in [-0.2, 0) is 11.4 Å². The van der Waals surface area contributed by atoms with Crippen LogP contribution in [0, 0.1) is 30.4 Å². The molecule has 41 heavy (non-hydrogen) atoms. The second-order valence-corrected chi connectivity index (χ2v) is 11.5. The van der Waals surface area contributed by atoms with Gasteiger partial charge in [-0.15, -0.1) is 0 Å². The lowest BCUT2D eigenvalue weighted by Gasteiger charge is -2.43. The monoisotopic (exact) mass is 561 g/mol. The van der Waals surface area contributed by atoms with Crippen LogP contribution in [0.5, 0.6) is 0 Å². The Hall–Kier alpha value is -3.78. The molecule has 0 bridgehead atoms. The zero-order valence-electron chi connectivity index (χ0n) is 23.5. The van der Waals surface area contributed by atoms with E-state index in [1.807, 2.05) is 38.1 Å². The van der Waals surface area contributed by atoms with Crippen molar-refractivity contribution in [2.45, 2.75) is 64.6 Å². The first-order valence-corrected chi connectivity index (χ1v) is 14.4. The first-order chi connectivity index (χ1) is 19.7. The lowest BCUT2D eigenvalue weighted by atomic mass is 9.79. The van der Waals surface area contributed by atoms with Gasteiger partial charge < -0.3 is 20.6 Å². The molecule has 6 nitrogen and oxygen atoms in total. The molecule has 3 atom stereocenters. The summed E-state index contributed by atoms with van der Waals surface area (Å²) < 4.78 is 29.6. The highest BCUT2D eigenvalue weighted by atomic mass is 19.1. The van der Waals surface area contributed by atoms with Crippen molar-refractivity contribution in [3.05, 3.63) is 94.6 Å². The Kier molecular flexibility index (Phi) is 8.68. The van der Waals surface area contributed by atoms with Crippen LogP contribution in [0.25, 0.3) is 0 Å². The van der Waals surface area contributed by atoms with Crippen LogP contribution in [0.15, 0.2) is 60.7 Å². The summed E-state index contributed by atoms with van der Waals surface area (Å²) in [7, 11) is 0. The largest absolute Gasteiger partial charge is 0.392 e. The third kappa shape index (κ3) is 6.27. The van der Waals surface area contributed by atoms with Gasteiger partial charge in [-0.05, 0) is 85.2 Å². The summed E-state index contributed by atoms with van der Waals surface area (Å²) in [6.45, 7) is 3.95. The number of benzene rings is 3. The highest BCUT2D eigenvalue weighted by Crippen LogP contribution is 2.41. The summed E-state index contributed by atoms with van der Waals surface area (Å²) in [4.78, 5) is 29.1. The zero-order valence-corrected chi connectivity index (χ0v) is 23.5. The van der Waals surface area contributed by atoms with Gasteiger partial charge in [0.2, 0.25) is 5.91 Å². The van der Waals surface area contributed by atoms with Gasteiger partial charge in [0.15, 0.2) is 0 Å². The van der Waals surface area contributed by atoms with E-state index in [1.165, 1.54) is 23.8 Å². The number of anilines is 2. The molecule has 1 unspecified atom stereocenters. The smallest absolute Gasteiger partial charge is 0.260 e. The van der Waals surface area contributed by atoms with Crippen molar-refractivity contribution in [1.29, 1.82) is 0 Å². The molecule has 2 aliphatic rings. The van der Waals surface area contributed by atoms with E-state index in [1.54, 1.807) is 18.2 Å². The average Bonchev–Trinajstić information content (AvgIpc) is 3.46. The average molecular weight is 562 g/mol. The molecule has 1 aliphatic heterocycles. The van der Waals surface area contributed by atoms with Gasteiger partial charge >= 0.3 is 0 Å². The standard InChI is InChI=1S/C33H37F2N3O3/c1-20-16-27(32(40)37-26-15-12-23(19-39)21(2)17-26)31(22-10-13-25(14-11-22)36-24-6-3-4-7-24)38(18-20)33(41)30-28(34)8-5-9-29(30)35/h5,8-15,17,20,24,27,31,36,39H,3-4,6-7,16,18-19H2,1-2H3,(H,37,40)/t20-,27+,31?/m1/s1. The third-order valence-corrected chi connectivity index (χ3v) is 8.41. The third-order valence-electron chi connectivity index (χ3n) is 8.41. The Bertz CT molecular complexity index is 1390. The molecule has 2 amide bonds. The van der Waals surface area contributed by atoms with E-state index in [0.29, 0.717) is 18.2 Å². The van der Waals surface area contributed by atoms with Crippen LogP contribution < -0.4 is 10.6 Å². The van der Waals surface area contributed by atoms with Crippen molar-refractivity contribution < 1.29 is 23.5 Å². The zero-order chi connectivity index (χ0) is 29.1. The Morgan fingerprint density at radius 2 is 1.63 bits per heavy atom. The summed E-state index contributed by atoms with van der Waals surface area (Å²) >= 11 is 0. The van der Waals surface area contributed by atoms with E-state index < -0.39 is 35.1 Å². The molecule has 1 aliphatic carbocycles. The van der Waals surface area contributed by atoms with Gasteiger partial charge in [-0.2, -0.15) is 0 Å². The molecule has 1 saturated heterocycles. The van der Waals surface area contributed by atoms with Crippen LogP contribution in [-0.4, -0.2) is 34.4 Å². The molecule has 0 aromatic heterocycles. The van der Waals surface area contributed by atoms with Gasteiger partial charge in [-0.1, -0.05) is 44.0 Å². The number of nitrogens with zero attached hydrogens (tertiary/aromatic N) is 1. The molecule has 216 valence electrons. The van der Waals surface area contributed by atoms with Crippen molar-refractivity contribution in [2.75, 3.05) is 17.2 Å². The van der Waals surface area contributed by atoms with Gasteiger partial charge in [0, 0.05) is 24.0 Å². The molecule has 0 radical (unpaired) electrons. The number of halogens is 2. The van der Waals surface area contributed by atoms with Gasteiger partial charge in [-0.3, -0.25) is 9.59 Å². The molecule has 1 saturated carbocycles. The fourth-order valence-electron chi connectivity index (χ4n) is 6.29.